The number of rotatable bonds is 5. The molecule has 6 heteroatoms. The van der Waals surface area contributed by atoms with Gasteiger partial charge < -0.3 is 14.5 Å². The Kier molecular flexibility index (Phi) is 5.00. The van der Waals surface area contributed by atoms with E-state index in [1.54, 1.807) is 0 Å². The number of aliphatic imine (C=N–C) groups is 1. The summed E-state index contributed by atoms with van der Waals surface area (Å²) in [4.78, 5) is 17.6. The first-order chi connectivity index (χ1) is 13.1. The second kappa shape index (κ2) is 7.43. The van der Waals surface area contributed by atoms with Crippen LogP contribution in [-0.4, -0.2) is 22.8 Å². The minimum absolute atomic E-state index is 0.128. The van der Waals surface area contributed by atoms with Crippen LogP contribution >= 0.6 is 11.8 Å². The number of nitrogens with zero attached hydrogens (tertiary/aromatic N) is 1. The molecule has 4 rings (SSSR count). The minimum atomic E-state index is -0.184. The van der Waals surface area contributed by atoms with Crippen LogP contribution in [-0.2, 0) is 13.0 Å². The van der Waals surface area contributed by atoms with Crippen LogP contribution in [0.1, 0.15) is 59.3 Å². The first-order valence-corrected chi connectivity index (χ1v) is 10.3. The summed E-state index contributed by atoms with van der Waals surface area (Å²) in [5.41, 5.74) is 3.00. The standard InChI is InChI=1S/C21H24N2O3S/c1-4-25-15-8-6-5-7-14(15)11-22-21(24)20-12(2)18-16(26-20)9-10-17-19(18)23-13(3)27-17/h5-8,17,19H,4,9-11H2,1-3H3,(H,22,24). The molecule has 1 aliphatic carbocycles. The lowest BCUT2D eigenvalue weighted by Gasteiger charge is -2.22. The van der Waals surface area contributed by atoms with Gasteiger partial charge in [-0.05, 0) is 33.3 Å². The van der Waals surface area contributed by atoms with E-state index >= 15 is 0 Å². The van der Waals surface area contributed by atoms with Crippen LogP contribution in [0.5, 0.6) is 5.75 Å². The van der Waals surface area contributed by atoms with Crippen LogP contribution in [0.15, 0.2) is 33.7 Å². The topological polar surface area (TPSA) is 63.8 Å². The van der Waals surface area contributed by atoms with Crippen LogP contribution in [0.3, 0.4) is 0 Å². The average molecular weight is 385 g/mol. The fourth-order valence-electron chi connectivity index (χ4n) is 3.91. The largest absolute Gasteiger partial charge is 0.494 e. The van der Waals surface area contributed by atoms with Crippen molar-refractivity contribution in [1.29, 1.82) is 0 Å². The van der Waals surface area contributed by atoms with Crippen molar-refractivity contribution in [3.8, 4) is 5.75 Å². The van der Waals surface area contributed by atoms with E-state index in [2.05, 4.69) is 12.2 Å². The highest BCUT2D eigenvalue weighted by Crippen LogP contribution is 2.47. The van der Waals surface area contributed by atoms with Crippen molar-refractivity contribution >= 4 is 22.7 Å². The van der Waals surface area contributed by atoms with Gasteiger partial charge in [-0.3, -0.25) is 9.79 Å². The van der Waals surface area contributed by atoms with Crippen molar-refractivity contribution in [1.82, 2.24) is 5.32 Å². The lowest BCUT2D eigenvalue weighted by Crippen LogP contribution is -2.23. The Labute approximate surface area is 163 Å². The molecule has 142 valence electrons. The molecule has 1 aromatic heterocycles. The van der Waals surface area contributed by atoms with Gasteiger partial charge in [0.05, 0.1) is 17.7 Å². The maximum atomic E-state index is 12.8. The van der Waals surface area contributed by atoms with E-state index in [1.807, 2.05) is 49.9 Å². The summed E-state index contributed by atoms with van der Waals surface area (Å²) >= 11 is 1.85. The number of benzene rings is 1. The van der Waals surface area contributed by atoms with E-state index in [1.165, 1.54) is 0 Å². The maximum Gasteiger partial charge on any atom is 0.287 e. The number of hydrogen-bond donors (Lipinski definition) is 1. The molecule has 0 saturated heterocycles. The van der Waals surface area contributed by atoms with E-state index in [-0.39, 0.29) is 11.9 Å². The summed E-state index contributed by atoms with van der Waals surface area (Å²) in [6.45, 7) is 6.97. The Morgan fingerprint density at radius 2 is 2.19 bits per heavy atom. The molecule has 1 N–H and O–H groups in total. The molecule has 0 saturated carbocycles. The Bertz CT molecular complexity index is 903. The third-order valence-corrected chi connectivity index (χ3v) is 6.38. The molecule has 0 bridgehead atoms. The molecule has 0 fully saturated rings. The molecule has 0 radical (unpaired) electrons. The number of amides is 1. The molecule has 5 nitrogen and oxygen atoms in total. The first kappa shape index (κ1) is 18.2. The van der Waals surface area contributed by atoms with Gasteiger partial charge in [-0.15, -0.1) is 11.8 Å². The second-order valence-corrected chi connectivity index (χ2v) is 8.34. The third-order valence-electron chi connectivity index (χ3n) is 5.14. The van der Waals surface area contributed by atoms with Gasteiger partial charge in [0.2, 0.25) is 0 Å². The minimum Gasteiger partial charge on any atom is -0.494 e. The number of fused-ring (bicyclic) bond motifs is 3. The van der Waals surface area contributed by atoms with Crippen LogP contribution in [0.2, 0.25) is 0 Å². The molecule has 27 heavy (non-hydrogen) atoms. The monoisotopic (exact) mass is 384 g/mol. The molecule has 2 atom stereocenters. The van der Waals surface area contributed by atoms with Crippen molar-refractivity contribution in [2.75, 3.05) is 6.61 Å². The molecule has 1 aliphatic heterocycles. The fraction of sp³-hybridized carbons (Fsp3) is 0.429. The molecule has 0 spiro atoms. The number of ether oxygens (including phenoxy) is 1. The number of thioether (sulfide) groups is 1. The van der Waals surface area contributed by atoms with Gasteiger partial charge in [-0.2, -0.15) is 0 Å². The Morgan fingerprint density at radius 1 is 1.37 bits per heavy atom. The van der Waals surface area contributed by atoms with Gasteiger partial charge in [0.15, 0.2) is 5.76 Å². The number of nitrogens with one attached hydrogen (secondary N) is 1. The lowest BCUT2D eigenvalue weighted by atomic mass is 9.90. The van der Waals surface area contributed by atoms with E-state index in [0.717, 1.165) is 46.1 Å². The first-order valence-electron chi connectivity index (χ1n) is 9.40. The maximum absolute atomic E-state index is 12.8. The predicted molar refractivity (Wildman–Crippen MR) is 108 cm³/mol. The SMILES string of the molecule is CCOc1ccccc1CNC(=O)c1oc2c(c1C)C1N=C(C)SC1CC2. The highest BCUT2D eigenvalue weighted by Gasteiger charge is 2.39. The van der Waals surface area contributed by atoms with Crippen LogP contribution in [0.25, 0.3) is 0 Å². The number of para-hydroxylation sites is 1. The molecule has 1 aromatic carbocycles. The predicted octanol–water partition coefficient (Wildman–Crippen LogP) is 4.44. The van der Waals surface area contributed by atoms with Gasteiger partial charge in [0.25, 0.3) is 5.91 Å². The fourth-order valence-corrected chi connectivity index (χ4v) is 5.08. The summed E-state index contributed by atoms with van der Waals surface area (Å²) in [5, 5.41) is 4.58. The highest BCUT2D eigenvalue weighted by molar-refractivity contribution is 8.14. The quantitative estimate of drug-likeness (QED) is 0.828. The van der Waals surface area contributed by atoms with Crippen molar-refractivity contribution in [2.45, 2.75) is 51.4 Å². The number of aryl methyl sites for hydroxylation is 1. The Balaban J connectivity index is 1.53. The van der Waals surface area contributed by atoms with Crippen molar-refractivity contribution in [2.24, 2.45) is 4.99 Å². The number of furan rings is 1. The molecular formula is C21H24N2O3S. The summed E-state index contributed by atoms with van der Waals surface area (Å²) in [6.07, 6.45) is 1.91. The highest BCUT2D eigenvalue weighted by atomic mass is 32.2. The second-order valence-electron chi connectivity index (χ2n) is 6.90. The molecule has 2 aromatic rings. The molecule has 2 aliphatic rings. The third kappa shape index (κ3) is 3.38. The molecule has 1 amide bonds. The summed E-state index contributed by atoms with van der Waals surface area (Å²) in [5.74, 6) is 1.95. The number of carbonyl (C=O) groups excluding carboxylic acids is 1. The van der Waals surface area contributed by atoms with Crippen molar-refractivity contribution in [3.63, 3.8) is 0 Å². The van der Waals surface area contributed by atoms with Gasteiger partial charge in [0, 0.05) is 34.9 Å². The van der Waals surface area contributed by atoms with Crippen molar-refractivity contribution in [3.05, 3.63) is 52.5 Å². The smallest absolute Gasteiger partial charge is 0.287 e. The van der Waals surface area contributed by atoms with Gasteiger partial charge in [-0.1, -0.05) is 18.2 Å². The number of hydrogen-bond acceptors (Lipinski definition) is 5. The van der Waals surface area contributed by atoms with Gasteiger partial charge in [0.1, 0.15) is 11.5 Å². The lowest BCUT2D eigenvalue weighted by molar-refractivity contribution is 0.0920. The Hall–Kier alpha value is -2.21. The molecule has 2 heterocycles. The number of carbonyl (C=O) groups is 1. The van der Waals surface area contributed by atoms with Crippen LogP contribution in [0.4, 0.5) is 0 Å². The van der Waals surface area contributed by atoms with E-state index < -0.39 is 0 Å². The molecular weight excluding hydrogens is 360 g/mol. The zero-order valence-corrected chi connectivity index (χ0v) is 16.7. The van der Waals surface area contributed by atoms with Gasteiger partial charge >= 0.3 is 0 Å². The normalized spacial score (nSPS) is 20.6. The zero-order chi connectivity index (χ0) is 19.0. The molecule has 2 unspecified atom stereocenters. The van der Waals surface area contributed by atoms with E-state index in [0.29, 0.717) is 24.2 Å². The van der Waals surface area contributed by atoms with Crippen LogP contribution < -0.4 is 10.1 Å². The van der Waals surface area contributed by atoms with E-state index in [4.69, 9.17) is 14.1 Å². The zero-order valence-electron chi connectivity index (χ0n) is 15.9. The van der Waals surface area contributed by atoms with Gasteiger partial charge in [-0.25, -0.2) is 0 Å². The summed E-state index contributed by atoms with van der Waals surface area (Å²) in [7, 11) is 0. The van der Waals surface area contributed by atoms with Crippen molar-refractivity contribution < 1.29 is 13.9 Å². The summed E-state index contributed by atoms with van der Waals surface area (Å²) in [6, 6.07) is 7.88. The van der Waals surface area contributed by atoms with E-state index in [9.17, 15) is 4.79 Å². The summed E-state index contributed by atoms with van der Waals surface area (Å²) < 4.78 is 11.6. The average Bonchev–Trinajstić information content (AvgIpc) is 3.20. The van der Waals surface area contributed by atoms with Crippen LogP contribution in [0, 0.1) is 6.92 Å². The Morgan fingerprint density at radius 3 is 3.00 bits per heavy atom.